The van der Waals surface area contributed by atoms with Crippen LogP contribution in [0.5, 0.6) is 0 Å². The number of nitrogens with two attached hydrogens (primary N) is 1. The van der Waals surface area contributed by atoms with Gasteiger partial charge in [-0.05, 0) is 37.3 Å². The van der Waals surface area contributed by atoms with Gasteiger partial charge >= 0.3 is 0 Å². The molecule has 24 heavy (non-hydrogen) atoms. The number of primary sulfonamides is 1. The molecule has 2 N–H and O–H groups in total. The highest BCUT2D eigenvalue weighted by Crippen LogP contribution is 2.33. The largest absolute Gasteiger partial charge is 0.261 e. The molecular formula is C17H14FN3O2S. The maximum Gasteiger partial charge on any atom is 0.238 e. The second kappa shape index (κ2) is 6.10. The van der Waals surface area contributed by atoms with E-state index >= 15 is 0 Å². The zero-order chi connectivity index (χ0) is 17.3. The summed E-state index contributed by atoms with van der Waals surface area (Å²) in [5.74, 6) is -0.580. The molecular weight excluding hydrogens is 329 g/mol. The van der Waals surface area contributed by atoms with Crippen molar-refractivity contribution in [3.8, 4) is 22.4 Å². The van der Waals surface area contributed by atoms with Crippen molar-refractivity contribution in [1.82, 2.24) is 9.97 Å². The van der Waals surface area contributed by atoms with Gasteiger partial charge in [-0.2, -0.15) is 0 Å². The van der Waals surface area contributed by atoms with Crippen LogP contribution in [-0.4, -0.2) is 18.4 Å². The minimum absolute atomic E-state index is 0.0698. The first-order chi connectivity index (χ1) is 11.4. The van der Waals surface area contributed by atoms with Crippen molar-refractivity contribution >= 4 is 10.0 Å². The van der Waals surface area contributed by atoms with Crippen molar-refractivity contribution in [2.24, 2.45) is 5.14 Å². The molecule has 3 rings (SSSR count). The SMILES string of the molecule is Cc1ncccc1-c1cccnc1-c1cc(S(N)(=O)=O)ccc1F. The van der Waals surface area contributed by atoms with Crippen LogP contribution in [0.4, 0.5) is 4.39 Å². The van der Waals surface area contributed by atoms with E-state index in [0.29, 0.717) is 11.3 Å². The molecule has 0 amide bonds. The topological polar surface area (TPSA) is 85.9 Å². The molecule has 0 aliphatic carbocycles. The van der Waals surface area contributed by atoms with E-state index in [-0.39, 0.29) is 10.5 Å². The maximum atomic E-state index is 14.3. The molecule has 0 bridgehead atoms. The predicted molar refractivity (Wildman–Crippen MR) is 89.0 cm³/mol. The number of sulfonamides is 1. The number of hydrogen-bond acceptors (Lipinski definition) is 4. The first kappa shape index (κ1) is 16.2. The van der Waals surface area contributed by atoms with Crippen LogP contribution < -0.4 is 5.14 Å². The Labute approximate surface area is 139 Å². The van der Waals surface area contributed by atoms with Gasteiger partial charge in [0, 0.05) is 34.8 Å². The Morgan fingerprint density at radius 2 is 1.62 bits per heavy atom. The van der Waals surface area contributed by atoms with Gasteiger partial charge in [-0.3, -0.25) is 9.97 Å². The van der Waals surface area contributed by atoms with Gasteiger partial charge in [0.05, 0.1) is 10.6 Å². The summed E-state index contributed by atoms with van der Waals surface area (Å²) in [5.41, 5.74) is 2.61. The van der Waals surface area contributed by atoms with Crippen molar-refractivity contribution in [3.63, 3.8) is 0 Å². The fourth-order valence-corrected chi connectivity index (χ4v) is 3.01. The molecule has 0 unspecified atom stereocenters. The van der Waals surface area contributed by atoms with Crippen LogP contribution in [-0.2, 0) is 10.0 Å². The molecule has 0 spiro atoms. The van der Waals surface area contributed by atoms with Crippen LogP contribution in [0.15, 0.2) is 59.8 Å². The Morgan fingerprint density at radius 1 is 0.958 bits per heavy atom. The number of halogens is 1. The van der Waals surface area contributed by atoms with E-state index in [1.54, 1.807) is 24.4 Å². The number of rotatable bonds is 3. The normalized spacial score (nSPS) is 11.5. The smallest absolute Gasteiger partial charge is 0.238 e. The lowest BCUT2D eigenvalue weighted by molar-refractivity contribution is 0.596. The van der Waals surface area contributed by atoms with Gasteiger partial charge in [0.1, 0.15) is 5.82 Å². The molecule has 0 aliphatic heterocycles. The summed E-state index contributed by atoms with van der Waals surface area (Å²) < 4.78 is 37.5. The summed E-state index contributed by atoms with van der Waals surface area (Å²) in [6.07, 6.45) is 3.19. The highest BCUT2D eigenvalue weighted by atomic mass is 32.2. The third kappa shape index (κ3) is 3.04. The Bertz CT molecular complexity index is 1020. The molecule has 0 atom stereocenters. The van der Waals surface area contributed by atoms with E-state index in [2.05, 4.69) is 9.97 Å². The van der Waals surface area contributed by atoms with Gasteiger partial charge in [-0.25, -0.2) is 17.9 Å². The van der Waals surface area contributed by atoms with Crippen LogP contribution in [0.3, 0.4) is 0 Å². The Kier molecular flexibility index (Phi) is 4.13. The molecule has 1 aromatic carbocycles. The standard InChI is InChI=1S/C17H14FN3O2S/c1-11-13(4-2-8-20-11)14-5-3-9-21-17(14)15-10-12(24(19,22)23)6-7-16(15)18/h2-10H,1H3,(H2,19,22,23). The molecule has 0 radical (unpaired) electrons. The van der Waals surface area contributed by atoms with Crippen molar-refractivity contribution < 1.29 is 12.8 Å². The van der Waals surface area contributed by atoms with E-state index in [1.165, 1.54) is 12.3 Å². The lowest BCUT2D eigenvalue weighted by atomic mass is 9.98. The van der Waals surface area contributed by atoms with Gasteiger partial charge in [-0.1, -0.05) is 12.1 Å². The summed E-state index contributed by atoms with van der Waals surface area (Å²) >= 11 is 0. The quantitative estimate of drug-likeness (QED) is 0.792. The second-order valence-electron chi connectivity index (χ2n) is 5.22. The average molecular weight is 343 g/mol. The number of benzene rings is 1. The highest BCUT2D eigenvalue weighted by Gasteiger charge is 2.17. The molecule has 122 valence electrons. The Hall–Kier alpha value is -2.64. The zero-order valence-electron chi connectivity index (χ0n) is 12.8. The van der Waals surface area contributed by atoms with Crippen LogP contribution in [0.1, 0.15) is 5.69 Å². The molecule has 0 fully saturated rings. The number of aryl methyl sites for hydroxylation is 1. The van der Waals surface area contributed by atoms with E-state index in [4.69, 9.17) is 5.14 Å². The van der Waals surface area contributed by atoms with Gasteiger partial charge in [0.15, 0.2) is 0 Å². The first-order valence-electron chi connectivity index (χ1n) is 7.07. The summed E-state index contributed by atoms with van der Waals surface area (Å²) in [7, 11) is -3.94. The van der Waals surface area contributed by atoms with Crippen LogP contribution in [0.2, 0.25) is 0 Å². The molecule has 2 heterocycles. The third-order valence-electron chi connectivity index (χ3n) is 3.63. The van der Waals surface area contributed by atoms with Crippen molar-refractivity contribution in [3.05, 3.63) is 66.4 Å². The third-order valence-corrected chi connectivity index (χ3v) is 4.54. The fraction of sp³-hybridized carbons (Fsp3) is 0.0588. The minimum atomic E-state index is -3.94. The minimum Gasteiger partial charge on any atom is -0.261 e. The predicted octanol–water partition coefficient (Wildman–Crippen LogP) is 2.91. The first-order valence-corrected chi connectivity index (χ1v) is 8.62. The summed E-state index contributed by atoms with van der Waals surface area (Å²) in [4.78, 5) is 8.31. The van der Waals surface area contributed by atoms with Crippen molar-refractivity contribution in [2.45, 2.75) is 11.8 Å². The Balaban J connectivity index is 2.28. The van der Waals surface area contributed by atoms with E-state index in [9.17, 15) is 12.8 Å². The average Bonchev–Trinajstić information content (AvgIpc) is 2.55. The van der Waals surface area contributed by atoms with Crippen LogP contribution >= 0.6 is 0 Å². The maximum absolute atomic E-state index is 14.3. The monoisotopic (exact) mass is 343 g/mol. The second-order valence-corrected chi connectivity index (χ2v) is 6.78. The molecule has 2 aromatic heterocycles. The molecule has 0 saturated heterocycles. The summed E-state index contributed by atoms with van der Waals surface area (Å²) in [5, 5.41) is 5.15. The molecule has 5 nitrogen and oxygen atoms in total. The van der Waals surface area contributed by atoms with E-state index < -0.39 is 15.8 Å². The molecule has 3 aromatic rings. The van der Waals surface area contributed by atoms with Gasteiger partial charge < -0.3 is 0 Å². The number of pyridine rings is 2. The highest BCUT2D eigenvalue weighted by molar-refractivity contribution is 7.89. The lowest BCUT2D eigenvalue weighted by Gasteiger charge is -2.12. The number of nitrogens with zero attached hydrogens (tertiary/aromatic N) is 2. The van der Waals surface area contributed by atoms with E-state index in [1.807, 2.05) is 13.0 Å². The van der Waals surface area contributed by atoms with E-state index in [0.717, 1.165) is 23.4 Å². The summed E-state index contributed by atoms with van der Waals surface area (Å²) in [6.45, 7) is 1.84. The molecule has 7 heteroatoms. The van der Waals surface area contributed by atoms with Gasteiger partial charge in [0.2, 0.25) is 10.0 Å². The molecule has 0 saturated carbocycles. The number of aromatic nitrogens is 2. The van der Waals surface area contributed by atoms with Crippen molar-refractivity contribution in [2.75, 3.05) is 0 Å². The Morgan fingerprint density at radius 3 is 2.29 bits per heavy atom. The lowest BCUT2D eigenvalue weighted by Crippen LogP contribution is -2.12. The van der Waals surface area contributed by atoms with Gasteiger partial charge in [0.25, 0.3) is 0 Å². The fourth-order valence-electron chi connectivity index (χ4n) is 2.47. The van der Waals surface area contributed by atoms with Gasteiger partial charge in [-0.15, -0.1) is 0 Å². The number of hydrogen-bond donors (Lipinski definition) is 1. The van der Waals surface area contributed by atoms with Crippen molar-refractivity contribution in [1.29, 1.82) is 0 Å². The summed E-state index contributed by atoms with van der Waals surface area (Å²) in [6, 6.07) is 10.5. The van der Waals surface area contributed by atoms with Crippen LogP contribution in [0, 0.1) is 12.7 Å². The molecule has 0 aliphatic rings. The zero-order valence-corrected chi connectivity index (χ0v) is 13.6. The van der Waals surface area contributed by atoms with Crippen LogP contribution in [0.25, 0.3) is 22.4 Å².